The van der Waals surface area contributed by atoms with Gasteiger partial charge in [-0.15, -0.1) is 0 Å². The summed E-state index contributed by atoms with van der Waals surface area (Å²) in [5, 5.41) is 14.7. The van der Waals surface area contributed by atoms with E-state index in [4.69, 9.17) is 20.2 Å². The molecule has 37 heavy (non-hydrogen) atoms. The number of aromatic nitrogens is 4. The van der Waals surface area contributed by atoms with E-state index in [0.717, 1.165) is 58.2 Å². The number of aliphatic hydroxyl groups excluding tert-OH is 1. The minimum atomic E-state index is -0.222. The summed E-state index contributed by atoms with van der Waals surface area (Å²) in [4.78, 5) is 9.75. The van der Waals surface area contributed by atoms with Crippen LogP contribution in [0.3, 0.4) is 0 Å². The van der Waals surface area contributed by atoms with Crippen LogP contribution in [0.15, 0.2) is 59.3 Å². The van der Waals surface area contributed by atoms with Crippen molar-refractivity contribution in [3.05, 3.63) is 65.0 Å². The molecule has 0 radical (unpaired) electrons. The first-order chi connectivity index (χ1) is 18.0. The van der Waals surface area contributed by atoms with E-state index in [-0.39, 0.29) is 17.9 Å². The lowest BCUT2D eigenvalue weighted by Gasteiger charge is -2.38. The van der Waals surface area contributed by atoms with Gasteiger partial charge in [-0.3, -0.25) is 4.98 Å². The van der Waals surface area contributed by atoms with E-state index in [9.17, 15) is 5.11 Å². The van der Waals surface area contributed by atoms with Gasteiger partial charge in [0, 0.05) is 41.3 Å². The molecule has 0 unspecified atom stereocenters. The molecule has 3 N–H and O–H groups in total. The molecule has 1 fully saturated rings. The molecule has 9 heteroatoms. The van der Waals surface area contributed by atoms with Gasteiger partial charge in [0.2, 0.25) is 0 Å². The highest BCUT2D eigenvalue weighted by molar-refractivity contribution is 9.10. The Kier molecular flexibility index (Phi) is 7.85. The SMILES string of the molecule is COCCOC[C@]1(CO)CC[C@H](c2nc3c(-c4ccc(-c5ccccc5)nc4)cnn3c(N)c2Br)CC1. The minimum Gasteiger partial charge on any atom is -0.396 e. The third-order valence-electron chi connectivity index (χ3n) is 7.40. The summed E-state index contributed by atoms with van der Waals surface area (Å²) in [6.45, 7) is 1.74. The van der Waals surface area contributed by atoms with Gasteiger partial charge in [-0.05, 0) is 47.7 Å². The lowest BCUT2D eigenvalue weighted by Crippen LogP contribution is -2.35. The second kappa shape index (κ2) is 11.3. The van der Waals surface area contributed by atoms with Gasteiger partial charge in [0.05, 0.1) is 48.5 Å². The number of nitrogen functional groups attached to an aromatic ring is 1. The van der Waals surface area contributed by atoms with Crippen LogP contribution in [-0.2, 0) is 9.47 Å². The first-order valence-electron chi connectivity index (χ1n) is 12.6. The van der Waals surface area contributed by atoms with Crippen molar-refractivity contribution in [1.82, 2.24) is 19.6 Å². The van der Waals surface area contributed by atoms with Crippen LogP contribution < -0.4 is 5.73 Å². The molecular formula is C28H32BrN5O3. The van der Waals surface area contributed by atoms with E-state index >= 15 is 0 Å². The zero-order valence-electron chi connectivity index (χ0n) is 20.9. The van der Waals surface area contributed by atoms with Crippen LogP contribution in [0.25, 0.3) is 28.0 Å². The fraction of sp³-hybridized carbons (Fsp3) is 0.393. The predicted octanol–water partition coefficient (Wildman–Crippen LogP) is 5.10. The number of hydrogen-bond donors (Lipinski definition) is 2. The molecule has 3 aromatic heterocycles. The maximum absolute atomic E-state index is 10.1. The number of methoxy groups -OCH3 is 1. The third kappa shape index (κ3) is 5.27. The van der Waals surface area contributed by atoms with Crippen LogP contribution in [0.1, 0.15) is 37.3 Å². The smallest absolute Gasteiger partial charge is 0.165 e. The van der Waals surface area contributed by atoms with Gasteiger partial charge in [0.15, 0.2) is 5.65 Å². The summed E-state index contributed by atoms with van der Waals surface area (Å²) in [6, 6.07) is 14.2. The Balaban J connectivity index is 1.39. The topological polar surface area (TPSA) is 108 Å². The quantitative estimate of drug-likeness (QED) is 0.272. The van der Waals surface area contributed by atoms with E-state index in [2.05, 4.69) is 26.0 Å². The molecule has 0 amide bonds. The van der Waals surface area contributed by atoms with E-state index in [1.165, 1.54) is 0 Å². The Labute approximate surface area is 225 Å². The molecule has 4 aromatic rings. The molecule has 1 aromatic carbocycles. The fourth-order valence-electron chi connectivity index (χ4n) is 5.10. The van der Waals surface area contributed by atoms with Gasteiger partial charge in [-0.25, -0.2) is 4.98 Å². The fourth-order valence-corrected chi connectivity index (χ4v) is 5.68. The number of hydrogen-bond acceptors (Lipinski definition) is 7. The number of rotatable bonds is 9. The first kappa shape index (κ1) is 25.8. The summed E-state index contributed by atoms with van der Waals surface area (Å²) >= 11 is 3.69. The Morgan fingerprint density at radius 1 is 1.08 bits per heavy atom. The van der Waals surface area contributed by atoms with Crippen molar-refractivity contribution in [2.24, 2.45) is 5.41 Å². The molecule has 0 atom stereocenters. The molecule has 0 saturated heterocycles. The van der Waals surface area contributed by atoms with Crippen LogP contribution in [-0.4, -0.2) is 58.2 Å². The molecule has 0 spiro atoms. The lowest BCUT2D eigenvalue weighted by atomic mass is 9.70. The monoisotopic (exact) mass is 565 g/mol. The summed E-state index contributed by atoms with van der Waals surface area (Å²) < 4.78 is 13.3. The number of benzene rings is 1. The van der Waals surface area contributed by atoms with Gasteiger partial charge in [0.25, 0.3) is 0 Å². The van der Waals surface area contributed by atoms with Crippen molar-refractivity contribution < 1.29 is 14.6 Å². The van der Waals surface area contributed by atoms with Gasteiger partial charge in [-0.2, -0.15) is 9.61 Å². The second-order valence-electron chi connectivity index (χ2n) is 9.77. The summed E-state index contributed by atoms with van der Waals surface area (Å²) in [6.07, 6.45) is 7.16. The predicted molar refractivity (Wildman–Crippen MR) is 147 cm³/mol. The molecule has 1 aliphatic carbocycles. The van der Waals surface area contributed by atoms with Crippen molar-refractivity contribution in [3.8, 4) is 22.4 Å². The molecule has 0 bridgehead atoms. The number of pyridine rings is 1. The van der Waals surface area contributed by atoms with Crippen LogP contribution in [0.2, 0.25) is 0 Å². The Morgan fingerprint density at radius 2 is 1.86 bits per heavy atom. The van der Waals surface area contributed by atoms with Gasteiger partial charge in [-0.1, -0.05) is 36.4 Å². The van der Waals surface area contributed by atoms with Crippen molar-refractivity contribution >= 4 is 27.4 Å². The Hall–Kier alpha value is -2.85. The zero-order valence-corrected chi connectivity index (χ0v) is 22.5. The number of halogens is 1. The Morgan fingerprint density at radius 3 is 2.54 bits per heavy atom. The number of nitrogens with zero attached hydrogens (tertiary/aromatic N) is 4. The van der Waals surface area contributed by atoms with Crippen molar-refractivity contribution in [2.75, 3.05) is 39.3 Å². The molecule has 3 heterocycles. The molecular weight excluding hydrogens is 534 g/mol. The van der Waals surface area contributed by atoms with E-state index < -0.39 is 0 Å². The minimum absolute atomic E-state index is 0.112. The standard InChI is InChI=1S/C28H32BrN5O3/c1-36-13-14-37-18-28(17-35)11-9-20(10-12-28)25-24(29)26(30)34-27(33-25)22(16-32-34)21-7-8-23(31-15-21)19-5-3-2-4-6-19/h2-8,15-16,20,35H,9-14,17-18,30H2,1H3/t20-,28+. The zero-order chi connectivity index (χ0) is 25.8. The summed E-state index contributed by atoms with van der Waals surface area (Å²) in [5.41, 5.74) is 11.8. The van der Waals surface area contributed by atoms with Crippen molar-refractivity contribution in [2.45, 2.75) is 31.6 Å². The maximum Gasteiger partial charge on any atom is 0.165 e. The van der Waals surface area contributed by atoms with Crippen LogP contribution in [0, 0.1) is 5.41 Å². The highest BCUT2D eigenvalue weighted by atomic mass is 79.9. The van der Waals surface area contributed by atoms with Gasteiger partial charge >= 0.3 is 0 Å². The largest absolute Gasteiger partial charge is 0.396 e. The van der Waals surface area contributed by atoms with Gasteiger partial charge in [0.1, 0.15) is 5.82 Å². The molecule has 1 saturated carbocycles. The van der Waals surface area contributed by atoms with E-state index in [1.807, 2.05) is 48.7 Å². The molecule has 5 rings (SSSR count). The average Bonchev–Trinajstić information content (AvgIpc) is 3.38. The van der Waals surface area contributed by atoms with Crippen molar-refractivity contribution in [1.29, 1.82) is 0 Å². The third-order valence-corrected chi connectivity index (χ3v) is 8.21. The second-order valence-corrected chi connectivity index (χ2v) is 10.6. The number of fused-ring (bicyclic) bond motifs is 1. The van der Waals surface area contributed by atoms with Crippen LogP contribution >= 0.6 is 15.9 Å². The number of ether oxygens (including phenoxy) is 2. The highest BCUT2D eigenvalue weighted by Gasteiger charge is 2.37. The van der Waals surface area contributed by atoms with Crippen LogP contribution in [0.5, 0.6) is 0 Å². The van der Waals surface area contributed by atoms with Crippen molar-refractivity contribution in [3.63, 3.8) is 0 Å². The lowest BCUT2D eigenvalue weighted by molar-refractivity contribution is -0.0318. The average molecular weight is 566 g/mol. The Bertz CT molecular complexity index is 1340. The number of aliphatic hydroxyl groups is 1. The highest BCUT2D eigenvalue weighted by Crippen LogP contribution is 2.45. The number of nitrogens with two attached hydrogens (primary N) is 1. The first-order valence-corrected chi connectivity index (χ1v) is 13.4. The molecule has 194 valence electrons. The van der Waals surface area contributed by atoms with E-state index in [0.29, 0.717) is 31.3 Å². The summed E-state index contributed by atoms with van der Waals surface area (Å²) in [5.74, 6) is 0.753. The molecule has 8 nitrogen and oxygen atoms in total. The number of anilines is 1. The normalized spacial score (nSPS) is 19.9. The maximum atomic E-state index is 10.1. The van der Waals surface area contributed by atoms with E-state index in [1.54, 1.807) is 17.8 Å². The summed E-state index contributed by atoms with van der Waals surface area (Å²) in [7, 11) is 1.66. The van der Waals surface area contributed by atoms with Gasteiger partial charge < -0.3 is 20.3 Å². The molecule has 0 aliphatic heterocycles. The van der Waals surface area contributed by atoms with Crippen LogP contribution in [0.4, 0.5) is 5.82 Å². The molecule has 1 aliphatic rings.